The fourth-order valence-electron chi connectivity index (χ4n) is 2.45. The smallest absolute Gasteiger partial charge is 0.138 e. The van der Waals surface area contributed by atoms with Gasteiger partial charge in [0.25, 0.3) is 0 Å². The Kier molecular flexibility index (Phi) is 4.31. The van der Waals surface area contributed by atoms with Gasteiger partial charge in [0.05, 0.1) is 0 Å². The largest absolute Gasteiger partial charge is 0.309 e. The van der Waals surface area contributed by atoms with E-state index in [-0.39, 0.29) is 0 Å². The van der Waals surface area contributed by atoms with Crippen LogP contribution < -0.4 is 5.32 Å². The van der Waals surface area contributed by atoms with Gasteiger partial charge in [-0.25, -0.2) is 4.98 Å². The first-order valence-corrected chi connectivity index (χ1v) is 8.14. The van der Waals surface area contributed by atoms with Crippen molar-refractivity contribution >= 4 is 21.4 Å². The highest BCUT2D eigenvalue weighted by molar-refractivity contribution is 7.19. The van der Waals surface area contributed by atoms with Crippen LogP contribution in [0, 0.1) is 0 Å². The molecule has 1 unspecified atom stereocenters. The lowest BCUT2D eigenvalue weighted by Gasteiger charge is -2.16. The van der Waals surface area contributed by atoms with Crippen LogP contribution in [0.4, 0.5) is 0 Å². The second-order valence-electron chi connectivity index (χ2n) is 5.20. The SMILES string of the molecule is CCCNC(Cc1ncnn1C)c1cc2ccccc2s1. The molecule has 0 aliphatic carbocycles. The maximum atomic E-state index is 4.36. The topological polar surface area (TPSA) is 42.7 Å². The molecule has 0 aliphatic heterocycles. The predicted octanol–water partition coefficient (Wildman–Crippen LogP) is 3.31. The molecule has 0 saturated carbocycles. The van der Waals surface area contributed by atoms with Gasteiger partial charge in [-0.3, -0.25) is 4.68 Å². The van der Waals surface area contributed by atoms with Gasteiger partial charge >= 0.3 is 0 Å². The molecule has 2 heterocycles. The highest BCUT2D eigenvalue weighted by Crippen LogP contribution is 2.31. The maximum Gasteiger partial charge on any atom is 0.138 e. The molecule has 3 rings (SSSR count). The number of rotatable bonds is 6. The molecule has 0 aliphatic rings. The fraction of sp³-hybridized carbons (Fsp3) is 0.375. The van der Waals surface area contributed by atoms with Crippen LogP contribution in [0.15, 0.2) is 36.7 Å². The Morgan fingerprint density at radius 1 is 1.33 bits per heavy atom. The lowest BCUT2D eigenvalue weighted by Crippen LogP contribution is -2.24. The molecule has 2 aromatic heterocycles. The van der Waals surface area contributed by atoms with Crippen molar-refractivity contribution in [3.63, 3.8) is 0 Å². The molecule has 0 bridgehead atoms. The normalized spacial score (nSPS) is 12.9. The van der Waals surface area contributed by atoms with Crippen LogP contribution in [0.25, 0.3) is 10.1 Å². The quantitative estimate of drug-likeness (QED) is 0.759. The lowest BCUT2D eigenvalue weighted by atomic mass is 10.1. The van der Waals surface area contributed by atoms with E-state index in [1.165, 1.54) is 15.0 Å². The van der Waals surface area contributed by atoms with Crippen molar-refractivity contribution in [2.75, 3.05) is 6.54 Å². The van der Waals surface area contributed by atoms with Gasteiger partial charge in [0, 0.05) is 29.1 Å². The number of thiophene rings is 1. The first-order chi connectivity index (χ1) is 10.3. The van der Waals surface area contributed by atoms with Gasteiger partial charge in [0.2, 0.25) is 0 Å². The van der Waals surface area contributed by atoms with E-state index in [1.807, 2.05) is 23.1 Å². The number of fused-ring (bicyclic) bond motifs is 1. The number of aromatic nitrogens is 3. The summed E-state index contributed by atoms with van der Waals surface area (Å²) in [6, 6.07) is 11.1. The summed E-state index contributed by atoms with van der Waals surface area (Å²) in [4.78, 5) is 5.73. The van der Waals surface area contributed by atoms with E-state index < -0.39 is 0 Å². The second kappa shape index (κ2) is 6.37. The van der Waals surface area contributed by atoms with Crippen molar-refractivity contribution in [1.82, 2.24) is 20.1 Å². The third kappa shape index (κ3) is 3.14. The number of hydrogen-bond acceptors (Lipinski definition) is 4. The molecule has 0 fully saturated rings. The van der Waals surface area contributed by atoms with Crippen LogP contribution in [-0.2, 0) is 13.5 Å². The lowest BCUT2D eigenvalue weighted by molar-refractivity contribution is 0.513. The molecule has 1 N–H and O–H groups in total. The molecule has 0 radical (unpaired) electrons. The van der Waals surface area contributed by atoms with E-state index in [1.54, 1.807) is 6.33 Å². The maximum absolute atomic E-state index is 4.36. The molecular weight excluding hydrogens is 280 g/mol. The summed E-state index contributed by atoms with van der Waals surface area (Å²) < 4.78 is 3.20. The summed E-state index contributed by atoms with van der Waals surface area (Å²) in [5, 5.41) is 9.13. The van der Waals surface area contributed by atoms with E-state index in [4.69, 9.17) is 0 Å². The van der Waals surface area contributed by atoms with Crippen LogP contribution in [0.1, 0.15) is 30.1 Å². The Morgan fingerprint density at radius 3 is 2.90 bits per heavy atom. The number of aryl methyl sites for hydroxylation is 1. The van der Waals surface area contributed by atoms with Crippen LogP contribution in [0.3, 0.4) is 0 Å². The average Bonchev–Trinajstić information content (AvgIpc) is 3.09. The number of benzene rings is 1. The minimum atomic E-state index is 0.297. The molecule has 110 valence electrons. The first kappa shape index (κ1) is 14.2. The number of nitrogens with one attached hydrogen (secondary N) is 1. The van der Waals surface area contributed by atoms with Crippen LogP contribution in [0.2, 0.25) is 0 Å². The Labute approximate surface area is 128 Å². The van der Waals surface area contributed by atoms with Crippen molar-refractivity contribution in [3.8, 4) is 0 Å². The third-order valence-electron chi connectivity index (χ3n) is 3.62. The number of hydrogen-bond donors (Lipinski definition) is 1. The molecule has 21 heavy (non-hydrogen) atoms. The van der Waals surface area contributed by atoms with E-state index in [0.717, 1.165) is 25.2 Å². The van der Waals surface area contributed by atoms with Gasteiger partial charge in [-0.1, -0.05) is 25.1 Å². The van der Waals surface area contributed by atoms with Crippen molar-refractivity contribution in [1.29, 1.82) is 0 Å². The summed E-state index contributed by atoms with van der Waals surface area (Å²) in [7, 11) is 1.95. The zero-order valence-electron chi connectivity index (χ0n) is 12.4. The van der Waals surface area contributed by atoms with Gasteiger partial charge in [-0.15, -0.1) is 11.3 Å². The zero-order chi connectivity index (χ0) is 14.7. The van der Waals surface area contributed by atoms with Gasteiger partial charge in [-0.05, 0) is 30.5 Å². The molecule has 0 saturated heterocycles. The van der Waals surface area contributed by atoms with Crippen LogP contribution in [0.5, 0.6) is 0 Å². The molecule has 0 spiro atoms. The van der Waals surface area contributed by atoms with Gasteiger partial charge in [-0.2, -0.15) is 5.10 Å². The Balaban J connectivity index is 1.88. The Bertz CT molecular complexity index is 683. The molecular formula is C16H20N4S. The van der Waals surface area contributed by atoms with Gasteiger partial charge in [0.1, 0.15) is 12.2 Å². The number of nitrogens with zero attached hydrogens (tertiary/aromatic N) is 3. The summed E-state index contributed by atoms with van der Waals surface area (Å²) >= 11 is 1.86. The highest BCUT2D eigenvalue weighted by atomic mass is 32.1. The van der Waals surface area contributed by atoms with Crippen molar-refractivity contribution in [2.24, 2.45) is 7.05 Å². The monoisotopic (exact) mass is 300 g/mol. The van der Waals surface area contributed by atoms with E-state index >= 15 is 0 Å². The van der Waals surface area contributed by atoms with Crippen LogP contribution in [-0.4, -0.2) is 21.3 Å². The van der Waals surface area contributed by atoms with Crippen molar-refractivity contribution in [3.05, 3.63) is 47.4 Å². The van der Waals surface area contributed by atoms with Gasteiger partial charge < -0.3 is 5.32 Å². The molecule has 3 aromatic rings. The Morgan fingerprint density at radius 2 is 2.19 bits per heavy atom. The van der Waals surface area contributed by atoms with Crippen molar-refractivity contribution in [2.45, 2.75) is 25.8 Å². The van der Waals surface area contributed by atoms with E-state index in [2.05, 4.69) is 52.7 Å². The van der Waals surface area contributed by atoms with E-state index in [9.17, 15) is 0 Å². The predicted molar refractivity (Wildman–Crippen MR) is 87.6 cm³/mol. The minimum Gasteiger partial charge on any atom is -0.309 e. The molecule has 1 atom stereocenters. The average molecular weight is 300 g/mol. The highest BCUT2D eigenvalue weighted by Gasteiger charge is 2.17. The summed E-state index contributed by atoms with van der Waals surface area (Å²) in [6.07, 6.45) is 3.61. The molecule has 0 amide bonds. The molecule has 5 heteroatoms. The minimum absolute atomic E-state index is 0.297. The summed E-state index contributed by atoms with van der Waals surface area (Å²) in [5.41, 5.74) is 0. The van der Waals surface area contributed by atoms with E-state index in [0.29, 0.717) is 6.04 Å². The molecule has 1 aromatic carbocycles. The third-order valence-corrected chi connectivity index (χ3v) is 4.85. The van der Waals surface area contributed by atoms with Gasteiger partial charge in [0.15, 0.2) is 0 Å². The second-order valence-corrected chi connectivity index (χ2v) is 6.31. The van der Waals surface area contributed by atoms with Crippen LogP contribution >= 0.6 is 11.3 Å². The van der Waals surface area contributed by atoms with Crippen molar-refractivity contribution < 1.29 is 0 Å². The molecule has 4 nitrogen and oxygen atoms in total. The standard InChI is InChI=1S/C16H20N4S/c1-3-8-17-13(10-16-18-11-19-20(16)2)15-9-12-6-4-5-7-14(12)21-15/h4-7,9,11,13,17H,3,8,10H2,1-2H3. The summed E-state index contributed by atoms with van der Waals surface area (Å²) in [6.45, 7) is 3.20. The zero-order valence-corrected chi connectivity index (χ0v) is 13.2. The first-order valence-electron chi connectivity index (χ1n) is 7.32. The summed E-state index contributed by atoms with van der Waals surface area (Å²) in [5.74, 6) is 1.01. The fourth-order valence-corrected chi connectivity index (χ4v) is 3.59. The Hall–Kier alpha value is -1.72.